The van der Waals surface area contributed by atoms with Gasteiger partial charge in [0.1, 0.15) is 9.09 Å². The molecule has 18 heavy (non-hydrogen) atoms. The number of nitrogens with zero attached hydrogens (tertiary/aromatic N) is 1. The van der Waals surface area contributed by atoms with Crippen LogP contribution >= 0.6 is 11.3 Å². The van der Waals surface area contributed by atoms with E-state index in [2.05, 4.69) is 0 Å². The number of sulfonamides is 1. The molecular weight excluding hydrogens is 274 g/mol. The van der Waals surface area contributed by atoms with Gasteiger partial charge in [-0.15, -0.1) is 11.3 Å². The predicted molar refractivity (Wildman–Crippen MR) is 70.7 cm³/mol. The molecular formula is C11H17NO4S2. The molecule has 0 aliphatic carbocycles. The van der Waals surface area contributed by atoms with Crippen molar-refractivity contribution in [1.29, 1.82) is 0 Å². The van der Waals surface area contributed by atoms with Crippen molar-refractivity contribution in [2.75, 3.05) is 6.54 Å². The van der Waals surface area contributed by atoms with Gasteiger partial charge in [0, 0.05) is 12.6 Å². The quantitative estimate of drug-likeness (QED) is 0.902. The second-order valence-corrected chi connectivity index (χ2v) is 7.35. The Hall–Kier alpha value is -0.920. The van der Waals surface area contributed by atoms with Crippen molar-refractivity contribution in [2.45, 2.75) is 37.9 Å². The molecule has 7 heteroatoms. The molecule has 1 aromatic heterocycles. The molecule has 0 fully saturated rings. The lowest BCUT2D eigenvalue weighted by atomic mass is 10.3. The third-order valence-corrected chi connectivity index (χ3v) is 6.37. The van der Waals surface area contributed by atoms with Gasteiger partial charge in [-0.2, -0.15) is 4.31 Å². The number of carbonyl (C=O) groups is 1. The van der Waals surface area contributed by atoms with Crippen LogP contribution in [-0.4, -0.2) is 36.4 Å². The molecule has 0 aliphatic rings. The summed E-state index contributed by atoms with van der Waals surface area (Å²) >= 11 is 0.806. The average molecular weight is 291 g/mol. The van der Waals surface area contributed by atoms with Crippen LogP contribution in [0.15, 0.2) is 10.3 Å². The maximum absolute atomic E-state index is 12.3. The molecule has 0 atom stereocenters. The number of hydrogen-bond acceptors (Lipinski definition) is 4. The minimum absolute atomic E-state index is 0.0772. The van der Waals surface area contributed by atoms with Gasteiger partial charge in [0.25, 0.3) is 10.0 Å². The van der Waals surface area contributed by atoms with E-state index in [1.807, 2.05) is 0 Å². The molecule has 0 bridgehead atoms. The standard InChI is InChI=1S/C11H17NO4S2/c1-5-12(7(2)3)18(15,16)9-6-8(4)10(17-9)11(13)14/h6-7H,5H2,1-4H3,(H,13,14). The molecule has 1 rings (SSSR count). The summed E-state index contributed by atoms with van der Waals surface area (Å²) in [5, 5.41) is 8.95. The number of aromatic carboxylic acids is 1. The van der Waals surface area contributed by atoms with Gasteiger partial charge in [-0.3, -0.25) is 0 Å². The van der Waals surface area contributed by atoms with Crippen molar-refractivity contribution in [3.8, 4) is 0 Å². The topological polar surface area (TPSA) is 74.7 Å². The zero-order chi connectivity index (χ0) is 14.1. The molecule has 0 aliphatic heterocycles. The molecule has 0 saturated heterocycles. The van der Waals surface area contributed by atoms with Crippen molar-refractivity contribution in [3.63, 3.8) is 0 Å². The molecule has 0 aromatic carbocycles. The van der Waals surface area contributed by atoms with E-state index in [9.17, 15) is 13.2 Å². The molecule has 102 valence electrons. The first-order valence-corrected chi connectivity index (χ1v) is 7.83. The number of hydrogen-bond donors (Lipinski definition) is 1. The van der Waals surface area contributed by atoms with Gasteiger partial charge < -0.3 is 5.11 Å². The molecule has 0 amide bonds. The normalized spacial score (nSPS) is 12.3. The van der Waals surface area contributed by atoms with Crippen LogP contribution in [0.4, 0.5) is 0 Å². The van der Waals surface area contributed by atoms with Crippen LogP contribution in [0.2, 0.25) is 0 Å². The fourth-order valence-corrected chi connectivity index (χ4v) is 4.87. The Labute approximate surface area is 111 Å². The maximum Gasteiger partial charge on any atom is 0.346 e. The van der Waals surface area contributed by atoms with Crippen molar-refractivity contribution in [3.05, 3.63) is 16.5 Å². The average Bonchev–Trinajstić information content (AvgIpc) is 2.60. The van der Waals surface area contributed by atoms with E-state index in [4.69, 9.17) is 5.11 Å². The van der Waals surface area contributed by atoms with Crippen LogP contribution in [0, 0.1) is 6.92 Å². The Kier molecular flexibility index (Phi) is 4.52. The smallest absolute Gasteiger partial charge is 0.346 e. The van der Waals surface area contributed by atoms with Crippen LogP contribution < -0.4 is 0 Å². The summed E-state index contributed by atoms with van der Waals surface area (Å²) in [4.78, 5) is 11.0. The molecule has 1 N–H and O–H groups in total. The fourth-order valence-electron chi connectivity index (χ4n) is 1.72. The maximum atomic E-state index is 12.3. The van der Waals surface area contributed by atoms with Crippen molar-refractivity contribution in [1.82, 2.24) is 4.31 Å². The zero-order valence-electron chi connectivity index (χ0n) is 10.8. The largest absolute Gasteiger partial charge is 0.477 e. The minimum atomic E-state index is -3.60. The minimum Gasteiger partial charge on any atom is -0.477 e. The lowest BCUT2D eigenvalue weighted by Gasteiger charge is -2.23. The van der Waals surface area contributed by atoms with E-state index in [0.717, 1.165) is 11.3 Å². The summed E-state index contributed by atoms with van der Waals surface area (Å²) in [6.45, 7) is 7.30. The predicted octanol–water partition coefficient (Wildman–Crippen LogP) is 2.17. The third kappa shape index (κ3) is 2.73. The summed E-state index contributed by atoms with van der Waals surface area (Å²) in [6, 6.07) is 1.27. The molecule has 0 unspecified atom stereocenters. The number of aryl methyl sites for hydroxylation is 1. The van der Waals surface area contributed by atoms with Crippen molar-refractivity contribution < 1.29 is 18.3 Å². The van der Waals surface area contributed by atoms with Gasteiger partial charge in [-0.05, 0) is 32.4 Å². The third-order valence-electron chi connectivity index (χ3n) is 2.54. The summed E-state index contributed by atoms with van der Waals surface area (Å²) in [5.41, 5.74) is 0.478. The first-order chi connectivity index (χ1) is 8.21. The highest BCUT2D eigenvalue weighted by molar-refractivity contribution is 7.91. The summed E-state index contributed by atoms with van der Waals surface area (Å²) in [6.07, 6.45) is 0. The van der Waals surface area contributed by atoms with Crippen LogP contribution in [0.3, 0.4) is 0 Å². The van der Waals surface area contributed by atoms with Crippen molar-refractivity contribution >= 4 is 27.3 Å². The van der Waals surface area contributed by atoms with Crippen LogP contribution in [0.25, 0.3) is 0 Å². The number of carboxylic acid groups (broad SMARTS) is 1. The first kappa shape index (κ1) is 15.1. The highest BCUT2D eigenvalue weighted by Gasteiger charge is 2.28. The lowest BCUT2D eigenvalue weighted by Crippen LogP contribution is -2.36. The molecule has 0 spiro atoms. The van der Waals surface area contributed by atoms with E-state index >= 15 is 0 Å². The Morgan fingerprint density at radius 1 is 1.50 bits per heavy atom. The first-order valence-electron chi connectivity index (χ1n) is 5.57. The Morgan fingerprint density at radius 3 is 2.39 bits per heavy atom. The van der Waals surface area contributed by atoms with Crippen LogP contribution in [-0.2, 0) is 10.0 Å². The van der Waals surface area contributed by atoms with E-state index in [1.54, 1.807) is 27.7 Å². The Bertz CT molecular complexity index is 545. The SMILES string of the molecule is CCN(C(C)C)S(=O)(=O)c1cc(C)c(C(=O)O)s1. The second-order valence-electron chi connectivity index (χ2n) is 4.18. The van der Waals surface area contributed by atoms with E-state index in [1.165, 1.54) is 10.4 Å². The number of thiophene rings is 1. The van der Waals surface area contributed by atoms with Gasteiger partial charge in [0.2, 0.25) is 0 Å². The molecule has 1 aromatic rings. The summed E-state index contributed by atoms with van der Waals surface area (Å²) < 4.78 is 26.1. The van der Waals surface area contributed by atoms with Gasteiger partial charge in [-0.25, -0.2) is 13.2 Å². The van der Waals surface area contributed by atoms with Gasteiger partial charge >= 0.3 is 5.97 Å². The highest BCUT2D eigenvalue weighted by atomic mass is 32.2. The van der Waals surface area contributed by atoms with Crippen LogP contribution in [0.5, 0.6) is 0 Å². The van der Waals surface area contributed by atoms with E-state index in [0.29, 0.717) is 12.1 Å². The summed E-state index contributed by atoms with van der Waals surface area (Å²) in [5.74, 6) is -1.09. The Morgan fingerprint density at radius 2 is 2.06 bits per heavy atom. The lowest BCUT2D eigenvalue weighted by molar-refractivity contribution is 0.0701. The van der Waals surface area contributed by atoms with E-state index < -0.39 is 16.0 Å². The van der Waals surface area contributed by atoms with Gasteiger partial charge in [-0.1, -0.05) is 6.92 Å². The van der Waals surface area contributed by atoms with Crippen LogP contribution in [0.1, 0.15) is 36.0 Å². The fraction of sp³-hybridized carbons (Fsp3) is 0.545. The highest BCUT2D eigenvalue weighted by Crippen LogP contribution is 2.29. The summed E-state index contributed by atoms with van der Waals surface area (Å²) in [7, 11) is -3.60. The molecule has 0 radical (unpaired) electrons. The number of carboxylic acids is 1. The van der Waals surface area contributed by atoms with Gasteiger partial charge in [0.15, 0.2) is 0 Å². The number of rotatable bonds is 5. The van der Waals surface area contributed by atoms with E-state index in [-0.39, 0.29) is 15.1 Å². The second kappa shape index (κ2) is 5.38. The monoisotopic (exact) mass is 291 g/mol. The molecule has 5 nitrogen and oxygen atoms in total. The molecule has 1 heterocycles. The van der Waals surface area contributed by atoms with Gasteiger partial charge in [0.05, 0.1) is 0 Å². The van der Waals surface area contributed by atoms with Crippen molar-refractivity contribution in [2.24, 2.45) is 0 Å². The Balaban J connectivity index is 3.29. The zero-order valence-corrected chi connectivity index (χ0v) is 12.4. The molecule has 0 saturated carbocycles.